The number of amides is 2. The normalized spacial score (nSPS) is 10.8. The van der Waals surface area contributed by atoms with E-state index < -0.39 is 0 Å². The van der Waals surface area contributed by atoms with Crippen LogP contribution in [0.5, 0.6) is 0 Å². The lowest BCUT2D eigenvalue weighted by atomic mass is 10.0. The van der Waals surface area contributed by atoms with Crippen LogP contribution in [0.25, 0.3) is 0 Å². The molecule has 0 atom stereocenters. The number of hydrogen-bond donors (Lipinski definition) is 2. The first-order valence-electron chi connectivity index (χ1n) is 14.5. The minimum absolute atomic E-state index is 0.264. The minimum atomic E-state index is -0.264. The number of nitrogens with one attached hydrogen (secondary N) is 2. The maximum atomic E-state index is 11.4. The molecule has 0 aliphatic rings. The molecule has 6 heteroatoms. The Bertz CT molecular complexity index is 406. The zero-order valence-corrected chi connectivity index (χ0v) is 22.6. The molecule has 0 spiro atoms. The first-order chi connectivity index (χ1) is 16.7. The number of ether oxygens (including phenoxy) is 2. The minimum Gasteiger partial charge on any atom is -0.450 e. The highest BCUT2D eigenvalue weighted by molar-refractivity contribution is 5.67. The summed E-state index contributed by atoms with van der Waals surface area (Å²) in [4.78, 5) is 22.8. The Kier molecular flexibility index (Phi) is 26.6. The summed E-state index contributed by atoms with van der Waals surface area (Å²) in [5, 5.41) is 5.66. The van der Waals surface area contributed by atoms with Crippen molar-refractivity contribution in [3.8, 4) is 0 Å². The summed E-state index contributed by atoms with van der Waals surface area (Å²) in [5.41, 5.74) is 0. The molecule has 0 aliphatic heterocycles. The maximum Gasteiger partial charge on any atom is 0.407 e. The molecule has 0 aromatic rings. The van der Waals surface area contributed by atoms with Crippen LogP contribution in [0.15, 0.2) is 0 Å². The van der Waals surface area contributed by atoms with Crippen LogP contribution in [0, 0.1) is 0 Å². The highest BCUT2D eigenvalue weighted by Gasteiger charge is 2.01. The van der Waals surface area contributed by atoms with Crippen LogP contribution >= 0.6 is 0 Å². The summed E-state index contributed by atoms with van der Waals surface area (Å²) in [6, 6.07) is 0. The van der Waals surface area contributed by atoms with Gasteiger partial charge in [0.05, 0.1) is 13.2 Å². The molecule has 202 valence electrons. The highest BCUT2D eigenvalue weighted by atomic mass is 16.6. The molecule has 2 amide bonds. The smallest absolute Gasteiger partial charge is 0.407 e. The number of alkyl carbamates (subject to hydrolysis) is 2. The number of unbranched alkanes of at least 4 members (excludes halogenated alkanes) is 17. The summed E-state index contributed by atoms with van der Waals surface area (Å²) >= 11 is 0. The van der Waals surface area contributed by atoms with Crippen LogP contribution in [-0.2, 0) is 9.47 Å². The van der Waals surface area contributed by atoms with E-state index in [9.17, 15) is 9.59 Å². The molecule has 2 N–H and O–H groups in total. The second kappa shape index (κ2) is 27.8. The van der Waals surface area contributed by atoms with Gasteiger partial charge in [-0.05, 0) is 25.7 Å². The van der Waals surface area contributed by atoms with E-state index in [1.807, 2.05) is 0 Å². The number of hydrogen-bond acceptors (Lipinski definition) is 4. The van der Waals surface area contributed by atoms with Crippen molar-refractivity contribution in [2.75, 3.05) is 26.3 Å². The van der Waals surface area contributed by atoms with E-state index in [4.69, 9.17) is 9.47 Å². The second-order valence-electron chi connectivity index (χ2n) is 9.49. The van der Waals surface area contributed by atoms with E-state index in [0.29, 0.717) is 13.2 Å². The molecule has 34 heavy (non-hydrogen) atoms. The van der Waals surface area contributed by atoms with E-state index in [-0.39, 0.29) is 12.2 Å². The number of rotatable bonds is 25. The SMILES string of the molecule is CCCCOC(=O)NCCCCCCCCCCCCCCCCCCNC(=O)OCCCC. The van der Waals surface area contributed by atoms with Crippen LogP contribution in [0.3, 0.4) is 0 Å². The fourth-order valence-corrected chi connectivity index (χ4v) is 3.83. The monoisotopic (exact) mass is 484 g/mol. The molecule has 0 radical (unpaired) electrons. The fourth-order valence-electron chi connectivity index (χ4n) is 3.83. The largest absolute Gasteiger partial charge is 0.450 e. The quantitative estimate of drug-likeness (QED) is 0.128. The Morgan fingerprint density at radius 1 is 0.441 bits per heavy atom. The third-order valence-corrected chi connectivity index (χ3v) is 6.10. The molecule has 0 saturated heterocycles. The van der Waals surface area contributed by atoms with Crippen molar-refractivity contribution in [1.29, 1.82) is 0 Å². The van der Waals surface area contributed by atoms with Crippen LogP contribution in [0.2, 0.25) is 0 Å². The summed E-state index contributed by atoms with van der Waals surface area (Å²) in [5.74, 6) is 0. The second-order valence-corrected chi connectivity index (χ2v) is 9.49. The third-order valence-electron chi connectivity index (χ3n) is 6.10. The standard InChI is InChI=1S/C28H56N2O4/c1-3-5-25-33-27(31)29-23-21-19-17-15-13-11-9-7-8-10-12-14-16-18-20-22-24-30-28(32)34-26-6-4-2/h3-26H2,1-2H3,(H,29,31)(H,30,32). The fraction of sp³-hybridized carbons (Fsp3) is 0.929. The molecule has 0 fully saturated rings. The summed E-state index contributed by atoms with van der Waals surface area (Å²) < 4.78 is 10.1. The van der Waals surface area contributed by atoms with Gasteiger partial charge in [0, 0.05) is 13.1 Å². The van der Waals surface area contributed by atoms with Gasteiger partial charge >= 0.3 is 12.2 Å². The number of carbonyl (C=O) groups is 2. The maximum absolute atomic E-state index is 11.4. The molecule has 0 rings (SSSR count). The van der Waals surface area contributed by atoms with Crippen molar-refractivity contribution in [3.63, 3.8) is 0 Å². The van der Waals surface area contributed by atoms with Gasteiger partial charge < -0.3 is 20.1 Å². The predicted molar refractivity (Wildman–Crippen MR) is 142 cm³/mol. The zero-order chi connectivity index (χ0) is 25.0. The molecular formula is C28H56N2O4. The topological polar surface area (TPSA) is 76.7 Å². The van der Waals surface area contributed by atoms with Crippen molar-refractivity contribution in [3.05, 3.63) is 0 Å². The Morgan fingerprint density at radius 2 is 0.706 bits per heavy atom. The van der Waals surface area contributed by atoms with E-state index in [2.05, 4.69) is 24.5 Å². The Morgan fingerprint density at radius 3 is 0.971 bits per heavy atom. The Labute approximate surface area is 210 Å². The van der Waals surface area contributed by atoms with Crippen LogP contribution in [-0.4, -0.2) is 38.5 Å². The van der Waals surface area contributed by atoms with Crippen molar-refractivity contribution < 1.29 is 19.1 Å². The Balaban J connectivity index is 3.12. The average molecular weight is 485 g/mol. The van der Waals surface area contributed by atoms with E-state index in [0.717, 1.165) is 51.6 Å². The van der Waals surface area contributed by atoms with Gasteiger partial charge in [0.15, 0.2) is 0 Å². The first kappa shape index (κ1) is 32.5. The van der Waals surface area contributed by atoms with Gasteiger partial charge in [0.25, 0.3) is 0 Å². The van der Waals surface area contributed by atoms with Crippen molar-refractivity contribution in [1.82, 2.24) is 10.6 Å². The van der Waals surface area contributed by atoms with Crippen LogP contribution in [0.1, 0.15) is 142 Å². The molecule has 0 aromatic carbocycles. The predicted octanol–water partition coefficient (Wildman–Crippen LogP) is 8.28. The third kappa shape index (κ3) is 26.8. The van der Waals surface area contributed by atoms with Gasteiger partial charge in [-0.15, -0.1) is 0 Å². The van der Waals surface area contributed by atoms with Crippen molar-refractivity contribution in [2.24, 2.45) is 0 Å². The molecule has 0 heterocycles. The molecule has 0 unspecified atom stereocenters. The summed E-state index contributed by atoms with van der Waals surface area (Å²) in [6.07, 6.45) is 24.0. The Hall–Kier alpha value is -1.46. The lowest BCUT2D eigenvalue weighted by Gasteiger charge is -2.06. The van der Waals surface area contributed by atoms with Gasteiger partial charge in [-0.3, -0.25) is 0 Å². The molecule has 6 nitrogen and oxygen atoms in total. The van der Waals surface area contributed by atoms with Gasteiger partial charge in [-0.25, -0.2) is 9.59 Å². The van der Waals surface area contributed by atoms with Crippen molar-refractivity contribution >= 4 is 12.2 Å². The van der Waals surface area contributed by atoms with E-state index in [1.165, 1.54) is 89.9 Å². The molecule has 0 aliphatic carbocycles. The molecule has 0 bridgehead atoms. The lowest BCUT2D eigenvalue weighted by molar-refractivity contribution is 0.143. The first-order valence-corrected chi connectivity index (χ1v) is 14.5. The van der Waals surface area contributed by atoms with Crippen LogP contribution < -0.4 is 10.6 Å². The van der Waals surface area contributed by atoms with E-state index in [1.54, 1.807) is 0 Å². The summed E-state index contributed by atoms with van der Waals surface area (Å²) in [6.45, 7) is 6.70. The average Bonchev–Trinajstić information content (AvgIpc) is 2.83. The number of carbonyl (C=O) groups excluding carboxylic acids is 2. The van der Waals surface area contributed by atoms with Gasteiger partial charge in [0.1, 0.15) is 0 Å². The molecular weight excluding hydrogens is 428 g/mol. The van der Waals surface area contributed by atoms with Gasteiger partial charge in [0.2, 0.25) is 0 Å². The van der Waals surface area contributed by atoms with Gasteiger partial charge in [-0.1, -0.05) is 117 Å². The zero-order valence-electron chi connectivity index (χ0n) is 22.6. The lowest BCUT2D eigenvalue weighted by Crippen LogP contribution is -2.25. The summed E-state index contributed by atoms with van der Waals surface area (Å²) in [7, 11) is 0. The van der Waals surface area contributed by atoms with Gasteiger partial charge in [-0.2, -0.15) is 0 Å². The van der Waals surface area contributed by atoms with Crippen molar-refractivity contribution in [2.45, 2.75) is 142 Å². The highest BCUT2D eigenvalue weighted by Crippen LogP contribution is 2.13. The molecule has 0 saturated carbocycles. The van der Waals surface area contributed by atoms with Crippen LogP contribution in [0.4, 0.5) is 9.59 Å². The van der Waals surface area contributed by atoms with E-state index >= 15 is 0 Å². The molecule has 0 aromatic heterocycles.